The second kappa shape index (κ2) is 10.2. The number of likely N-dealkylation sites (tertiary alicyclic amines) is 1. The molecule has 32 heavy (non-hydrogen) atoms. The normalized spacial score (nSPS) is 17.8. The fourth-order valence-corrected chi connectivity index (χ4v) is 4.22. The van der Waals surface area contributed by atoms with Gasteiger partial charge in [0, 0.05) is 18.7 Å². The first kappa shape index (κ1) is 23.8. The van der Waals surface area contributed by atoms with E-state index in [2.05, 4.69) is 15.9 Å². The summed E-state index contributed by atoms with van der Waals surface area (Å²) in [5.41, 5.74) is 1.16. The van der Waals surface area contributed by atoms with Crippen molar-refractivity contribution in [2.45, 2.75) is 13.0 Å². The van der Waals surface area contributed by atoms with Gasteiger partial charge in [-0.05, 0) is 72.8 Å². The van der Waals surface area contributed by atoms with Gasteiger partial charge in [0.1, 0.15) is 17.3 Å². The van der Waals surface area contributed by atoms with Crippen LogP contribution in [0.15, 0.2) is 52.5 Å². The van der Waals surface area contributed by atoms with Crippen LogP contribution in [0.1, 0.15) is 24.1 Å². The highest BCUT2D eigenvalue weighted by Crippen LogP contribution is 2.41. The lowest BCUT2D eigenvalue weighted by molar-refractivity contribution is -0.140. The van der Waals surface area contributed by atoms with Crippen LogP contribution in [0.5, 0.6) is 11.5 Å². The Hall–Kier alpha value is -2.84. The van der Waals surface area contributed by atoms with E-state index in [1.165, 1.54) is 4.90 Å². The quantitative estimate of drug-likeness (QED) is 0.335. The van der Waals surface area contributed by atoms with Crippen LogP contribution < -0.4 is 9.47 Å². The highest BCUT2D eigenvalue weighted by Gasteiger charge is 2.46. The summed E-state index contributed by atoms with van der Waals surface area (Å²) in [6.07, 6.45) is 0. The van der Waals surface area contributed by atoms with Crippen molar-refractivity contribution in [1.82, 2.24) is 9.80 Å². The lowest BCUT2D eigenvalue weighted by Gasteiger charge is -2.27. The summed E-state index contributed by atoms with van der Waals surface area (Å²) < 4.78 is 11.5. The Morgan fingerprint density at radius 1 is 1.19 bits per heavy atom. The second-order valence-corrected chi connectivity index (χ2v) is 8.50. The first-order valence-corrected chi connectivity index (χ1v) is 11.1. The molecule has 1 N–H and O–H groups in total. The van der Waals surface area contributed by atoms with Crippen LogP contribution in [-0.2, 0) is 9.59 Å². The van der Waals surface area contributed by atoms with Gasteiger partial charge >= 0.3 is 0 Å². The molecule has 1 atom stereocenters. The van der Waals surface area contributed by atoms with Crippen molar-refractivity contribution in [3.8, 4) is 11.5 Å². The molecule has 1 fully saturated rings. The van der Waals surface area contributed by atoms with Crippen LogP contribution >= 0.6 is 15.9 Å². The minimum atomic E-state index is -0.726. The third-order valence-electron chi connectivity index (χ3n) is 5.24. The molecule has 1 unspecified atom stereocenters. The summed E-state index contributed by atoms with van der Waals surface area (Å²) >= 11 is 3.41. The van der Waals surface area contributed by atoms with E-state index in [1.807, 2.05) is 44.1 Å². The van der Waals surface area contributed by atoms with Gasteiger partial charge in [-0.25, -0.2) is 0 Å². The Labute approximate surface area is 196 Å². The number of carbonyl (C=O) groups excluding carboxylic acids is 2. The summed E-state index contributed by atoms with van der Waals surface area (Å²) in [6.45, 7) is 3.29. The zero-order chi connectivity index (χ0) is 23.4. The lowest BCUT2D eigenvalue weighted by Crippen LogP contribution is -2.35. The monoisotopic (exact) mass is 502 g/mol. The van der Waals surface area contributed by atoms with Crippen molar-refractivity contribution >= 4 is 33.4 Å². The number of ether oxygens (including phenoxy) is 2. The summed E-state index contributed by atoms with van der Waals surface area (Å²) in [7, 11) is 5.34. The summed E-state index contributed by atoms with van der Waals surface area (Å²) in [5, 5.41) is 11.2. The number of aliphatic hydroxyl groups is 1. The Bertz CT molecular complexity index is 1050. The average Bonchev–Trinajstić information content (AvgIpc) is 3.02. The second-order valence-electron chi connectivity index (χ2n) is 7.65. The van der Waals surface area contributed by atoms with E-state index in [9.17, 15) is 14.7 Å². The molecular weight excluding hydrogens is 476 g/mol. The van der Waals surface area contributed by atoms with Crippen LogP contribution in [0.3, 0.4) is 0 Å². The maximum absolute atomic E-state index is 13.1. The molecule has 3 rings (SSSR count). The first-order chi connectivity index (χ1) is 15.3. The molecule has 2 aromatic carbocycles. The summed E-state index contributed by atoms with van der Waals surface area (Å²) in [5.74, 6) is -0.344. The number of carbonyl (C=O) groups is 2. The van der Waals surface area contributed by atoms with Gasteiger partial charge in [0.05, 0.1) is 29.8 Å². The lowest BCUT2D eigenvalue weighted by atomic mass is 9.95. The topological polar surface area (TPSA) is 79.3 Å². The molecule has 0 aromatic heterocycles. The molecule has 1 aliphatic heterocycles. The highest BCUT2D eigenvalue weighted by molar-refractivity contribution is 9.10. The van der Waals surface area contributed by atoms with E-state index >= 15 is 0 Å². The maximum Gasteiger partial charge on any atom is 0.295 e. The first-order valence-electron chi connectivity index (χ1n) is 10.3. The number of likely N-dealkylation sites (N-methyl/N-ethyl adjacent to an activating group) is 1. The third-order valence-corrected chi connectivity index (χ3v) is 5.86. The third kappa shape index (κ3) is 4.81. The molecular formula is C24H27BrN2O5. The number of halogens is 1. The van der Waals surface area contributed by atoms with Crippen molar-refractivity contribution < 1.29 is 24.2 Å². The van der Waals surface area contributed by atoms with E-state index in [-0.39, 0.29) is 11.3 Å². The molecule has 7 nitrogen and oxygen atoms in total. The van der Waals surface area contributed by atoms with Gasteiger partial charge in [0.15, 0.2) is 0 Å². The standard InChI is InChI=1S/C24H27BrN2O5/c1-5-32-17-8-6-7-15(13-17)21-20(23(29)24(30)27(21)12-11-26(2)3)22(28)16-9-10-19(31-4)18(25)14-16/h6-10,13-14,21,28H,5,11-12H2,1-4H3/b22-20+. The van der Waals surface area contributed by atoms with E-state index < -0.39 is 17.7 Å². The molecule has 0 aliphatic carbocycles. The van der Waals surface area contributed by atoms with Gasteiger partial charge in [-0.15, -0.1) is 0 Å². The van der Waals surface area contributed by atoms with Crippen molar-refractivity contribution in [2.24, 2.45) is 0 Å². The molecule has 1 amide bonds. The summed E-state index contributed by atoms with van der Waals surface area (Å²) in [4.78, 5) is 29.5. The number of rotatable bonds is 8. The van der Waals surface area contributed by atoms with Crippen LogP contribution in [0.4, 0.5) is 0 Å². The number of aliphatic hydroxyl groups excluding tert-OH is 1. The van der Waals surface area contributed by atoms with Crippen LogP contribution in [0, 0.1) is 0 Å². The molecule has 0 spiro atoms. The number of amides is 1. The molecule has 8 heteroatoms. The summed E-state index contributed by atoms with van der Waals surface area (Å²) in [6, 6.07) is 11.5. The molecule has 1 heterocycles. The van der Waals surface area contributed by atoms with E-state index in [4.69, 9.17) is 9.47 Å². The maximum atomic E-state index is 13.1. The number of benzene rings is 2. The van der Waals surface area contributed by atoms with Gasteiger partial charge in [-0.3, -0.25) is 9.59 Å². The number of nitrogens with zero attached hydrogens (tertiary/aromatic N) is 2. The SMILES string of the molecule is CCOc1cccc(C2/C(=C(\O)c3ccc(OC)c(Br)c3)C(=O)C(=O)N2CCN(C)C)c1. The number of Topliss-reactive ketones (excluding diaryl/α,β-unsaturated/α-hetero) is 1. The van der Waals surface area contributed by atoms with Gasteiger partial charge in [0.2, 0.25) is 0 Å². The predicted octanol–water partition coefficient (Wildman–Crippen LogP) is 3.84. The molecule has 0 radical (unpaired) electrons. The Morgan fingerprint density at radius 3 is 2.56 bits per heavy atom. The number of hydrogen-bond acceptors (Lipinski definition) is 6. The fourth-order valence-electron chi connectivity index (χ4n) is 3.68. The number of methoxy groups -OCH3 is 1. The highest BCUT2D eigenvalue weighted by atomic mass is 79.9. The van der Waals surface area contributed by atoms with Crippen LogP contribution in [0.2, 0.25) is 0 Å². The molecule has 170 valence electrons. The minimum Gasteiger partial charge on any atom is -0.507 e. The Balaban J connectivity index is 2.16. The Morgan fingerprint density at radius 2 is 1.94 bits per heavy atom. The molecule has 2 aromatic rings. The zero-order valence-electron chi connectivity index (χ0n) is 18.6. The van der Waals surface area contributed by atoms with Gasteiger partial charge < -0.3 is 24.4 Å². The molecule has 0 saturated carbocycles. The van der Waals surface area contributed by atoms with Gasteiger partial charge in [-0.1, -0.05) is 12.1 Å². The smallest absolute Gasteiger partial charge is 0.295 e. The van der Waals surface area contributed by atoms with Crippen molar-refractivity contribution in [1.29, 1.82) is 0 Å². The number of ketones is 1. The molecule has 1 saturated heterocycles. The van der Waals surface area contributed by atoms with Crippen molar-refractivity contribution in [3.05, 3.63) is 63.6 Å². The van der Waals surface area contributed by atoms with E-state index in [0.29, 0.717) is 46.8 Å². The predicted molar refractivity (Wildman–Crippen MR) is 126 cm³/mol. The molecule has 0 bridgehead atoms. The van der Waals surface area contributed by atoms with E-state index in [1.54, 1.807) is 31.4 Å². The van der Waals surface area contributed by atoms with Crippen LogP contribution in [0.25, 0.3) is 5.76 Å². The van der Waals surface area contributed by atoms with Gasteiger partial charge in [0.25, 0.3) is 11.7 Å². The van der Waals surface area contributed by atoms with Crippen LogP contribution in [-0.4, -0.2) is 67.5 Å². The zero-order valence-corrected chi connectivity index (χ0v) is 20.2. The number of hydrogen-bond donors (Lipinski definition) is 1. The average molecular weight is 503 g/mol. The fraction of sp³-hybridized carbons (Fsp3) is 0.333. The van der Waals surface area contributed by atoms with Gasteiger partial charge in [-0.2, -0.15) is 0 Å². The minimum absolute atomic E-state index is 0.0551. The van der Waals surface area contributed by atoms with Crippen molar-refractivity contribution in [2.75, 3.05) is 40.9 Å². The van der Waals surface area contributed by atoms with E-state index in [0.717, 1.165) is 0 Å². The largest absolute Gasteiger partial charge is 0.507 e. The van der Waals surface area contributed by atoms with Crippen molar-refractivity contribution in [3.63, 3.8) is 0 Å². The molecule has 1 aliphatic rings. The Kier molecular flexibility index (Phi) is 7.58.